The van der Waals surface area contributed by atoms with E-state index >= 15 is 0 Å². The van der Waals surface area contributed by atoms with E-state index in [-0.39, 0.29) is 11.1 Å². The second-order valence-corrected chi connectivity index (χ2v) is 5.52. The Labute approximate surface area is 136 Å². The van der Waals surface area contributed by atoms with Crippen molar-refractivity contribution in [1.82, 2.24) is 0 Å². The zero-order valence-electron chi connectivity index (χ0n) is 12.9. The number of phenols is 4. The predicted molar refractivity (Wildman–Crippen MR) is 81.3 cm³/mol. The second kappa shape index (κ2) is 6.35. The average Bonchev–Trinajstić information content (AvgIpc) is 2.56. The van der Waals surface area contributed by atoms with Crippen LogP contribution in [0.25, 0.3) is 0 Å². The summed E-state index contributed by atoms with van der Waals surface area (Å²) in [6.07, 6.45) is 0. The van der Waals surface area contributed by atoms with Crippen LogP contribution in [0.2, 0.25) is 0 Å². The summed E-state index contributed by atoms with van der Waals surface area (Å²) in [5.41, 5.74) is -0.0817. The van der Waals surface area contributed by atoms with Crippen molar-refractivity contribution in [2.75, 3.05) is 0 Å². The Bertz CT molecular complexity index is 739. The number of halogens is 2. The van der Waals surface area contributed by atoms with E-state index in [1.165, 1.54) is 26.0 Å². The van der Waals surface area contributed by atoms with Crippen molar-refractivity contribution in [3.05, 3.63) is 47.0 Å². The summed E-state index contributed by atoms with van der Waals surface area (Å²) in [4.78, 5) is 12.5. The monoisotopic (exact) mass is 338 g/mol. The third kappa shape index (κ3) is 2.84. The van der Waals surface area contributed by atoms with Crippen LogP contribution in [0.4, 0.5) is 8.78 Å². The normalized spacial score (nSPS) is 13.5. The SMILES string of the molecule is CC(C(=O)C(C)c1ccc(O)c(F)c1O)c1ccc(O)c(F)c1O. The molecule has 2 aromatic carbocycles. The van der Waals surface area contributed by atoms with Crippen molar-refractivity contribution in [1.29, 1.82) is 0 Å². The van der Waals surface area contributed by atoms with Gasteiger partial charge >= 0.3 is 0 Å². The van der Waals surface area contributed by atoms with Crippen molar-refractivity contribution in [3.63, 3.8) is 0 Å². The molecule has 0 radical (unpaired) electrons. The lowest BCUT2D eigenvalue weighted by Gasteiger charge is -2.19. The Hall–Kier alpha value is -2.83. The number of hydrogen-bond acceptors (Lipinski definition) is 5. The number of Topliss-reactive ketones (excluding diaryl/α,β-unsaturated/α-hetero) is 1. The Kier molecular flexibility index (Phi) is 4.64. The summed E-state index contributed by atoms with van der Waals surface area (Å²) in [6, 6.07) is 4.44. The van der Waals surface area contributed by atoms with Crippen LogP contribution in [-0.4, -0.2) is 26.2 Å². The maximum absolute atomic E-state index is 13.6. The van der Waals surface area contributed by atoms with Crippen LogP contribution in [-0.2, 0) is 4.79 Å². The first-order valence-corrected chi connectivity index (χ1v) is 7.11. The molecule has 2 atom stereocenters. The van der Waals surface area contributed by atoms with Crippen LogP contribution < -0.4 is 0 Å². The van der Waals surface area contributed by atoms with Crippen LogP contribution in [0.3, 0.4) is 0 Å². The molecule has 5 nitrogen and oxygen atoms in total. The van der Waals surface area contributed by atoms with Gasteiger partial charge in [-0.25, -0.2) is 0 Å². The fourth-order valence-electron chi connectivity index (χ4n) is 2.52. The van der Waals surface area contributed by atoms with E-state index < -0.39 is 52.3 Å². The highest BCUT2D eigenvalue weighted by Crippen LogP contribution is 2.39. The first-order valence-electron chi connectivity index (χ1n) is 7.11. The summed E-state index contributed by atoms with van der Waals surface area (Å²) in [5, 5.41) is 37.9. The van der Waals surface area contributed by atoms with Crippen molar-refractivity contribution in [2.45, 2.75) is 25.7 Å². The molecule has 24 heavy (non-hydrogen) atoms. The van der Waals surface area contributed by atoms with E-state index in [0.29, 0.717) is 0 Å². The number of carbonyl (C=O) groups excluding carboxylic acids is 1. The molecule has 0 saturated carbocycles. The maximum Gasteiger partial charge on any atom is 0.206 e. The van der Waals surface area contributed by atoms with Crippen LogP contribution >= 0.6 is 0 Å². The number of hydrogen-bond donors (Lipinski definition) is 4. The van der Waals surface area contributed by atoms with E-state index in [4.69, 9.17) is 0 Å². The minimum Gasteiger partial charge on any atom is -0.505 e. The lowest BCUT2D eigenvalue weighted by molar-refractivity contribution is -0.121. The Morgan fingerprint density at radius 1 is 0.792 bits per heavy atom. The lowest BCUT2D eigenvalue weighted by atomic mass is 9.85. The van der Waals surface area contributed by atoms with Gasteiger partial charge in [-0.2, -0.15) is 8.78 Å². The fourth-order valence-corrected chi connectivity index (χ4v) is 2.52. The maximum atomic E-state index is 13.6. The molecule has 0 spiro atoms. The summed E-state index contributed by atoms with van der Waals surface area (Å²) in [7, 11) is 0. The molecule has 2 unspecified atom stereocenters. The van der Waals surface area contributed by atoms with Gasteiger partial charge < -0.3 is 20.4 Å². The zero-order chi connectivity index (χ0) is 18.2. The first-order chi connectivity index (χ1) is 11.2. The standard InChI is InChI=1S/C17H16F2O5/c1-7(9-3-5-11(20)13(18)16(9)23)15(22)8(2)10-4-6-12(21)14(19)17(10)24/h3-8,20-21,23-24H,1-2H3. The van der Waals surface area contributed by atoms with Crippen molar-refractivity contribution in [2.24, 2.45) is 0 Å². The van der Waals surface area contributed by atoms with Crippen molar-refractivity contribution in [3.8, 4) is 23.0 Å². The zero-order valence-corrected chi connectivity index (χ0v) is 12.9. The molecule has 0 bridgehead atoms. The van der Waals surface area contributed by atoms with E-state index in [2.05, 4.69) is 0 Å². The molecule has 4 N–H and O–H groups in total. The molecule has 0 amide bonds. The Morgan fingerprint density at radius 2 is 1.12 bits per heavy atom. The molecule has 0 fully saturated rings. The highest BCUT2D eigenvalue weighted by molar-refractivity contribution is 5.92. The number of benzene rings is 2. The molecular weight excluding hydrogens is 322 g/mol. The topological polar surface area (TPSA) is 98.0 Å². The van der Waals surface area contributed by atoms with Gasteiger partial charge in [-0.15, -0.1) is 0 Å². The van der Waals surface area contributed by atoms with Crippen LogP contribution in [0.1, 0.15) is 36.8 Å². The van der Waals surface area contributed by atoms with Gasteiger partial charge in [0.25, 0.3) is 0 Å². The van der Waals surface area contributed by atoms with Crippen LogP contribution in [0, 0.1) is 11.6 Å². The van der Waals surface area contributed by atoms with Crippen LogP contribution in [0.5, 0.6) is 23.0 Å². The van der Waals surface area contributed by atoms with Crippen LogP contribution in [0.15, 0.2) is 24.3 Å². The molecule has 0 heterocycles. The van der Waals surface area contributed by atoms with E-state index in [9.17, 15) is 34.0 Å². The molecule has 0 aliphatic carbocycles. The number of ketones is 1. The minimum absolute atomic E-state index is 0.0408. The summed E-state index contributed by atoms with van der Waals surface area (Å²) >= 11 is 0. The van der Waals surface area contributed by atoms with Gasteiger partial charge in [-0.05, 0) is 12.1 Å². The van der Waals surface area contributed by atoms with Gasteiger partial charge in [0, 0.05) is 23.0 Å². The molecule has 2 aromatic rings. The third-order valence-corrected chi connectivity index (χ3v) is 4.04. The molecule has 0 aromatic heterocycles. The highest BCUT2D eigenvalue weighted by Gasteiger charge is 2.29. The summed E-state index contributed by atoms with van der Waals surface area (Å²) < 4.78 is 27.1. The summed E-state index contributed by atoms with van der Waals surface area (Å²) in [6.45, 7) is 2.83. The van der Waals surface area contributed by atoms with Gasteiger partial charge in [0.1, 0.15) is 5.78 Å². The largest absolute Gasteiger partial charge is 0.505 e. The molecule has 0 aliphatic rings. The molecule has 0 aliphatic heterocycles. The van der Waals surface area contributed by atoms with E-state index in [1.807, 2.05) is 0 Å². The van der Waals surface area contributed by atoms with Gasteiger partial charge in [0.15, 0.2) is 23.0 Å². The smallest absolute Gasteiger partial charge is 0.206 e. The van der Waals surface area contributed by atoms with E-state index in [0.717, 1.165) is 12.1 Å². The number of aromatic hydroxyl groups is 4. The lowest BCUT2D eigenvalue weighted by Crippen LogP contribution is -2.17. The average molecular weight is 338 g/mol. The van der Waals surface area contributed by atoms with Gasteiger partial charge in [0.2, 0.25) is 11.6 Å². The molecule has 2 rings (SSSR count). The van der Waals surface area contributed by atoms with Crippen molar-refractivity contribution >= 4 is 5.78 Å². The van der Waals surface area contributed by atoms with E-state index in [1.54, 1.807) is 0 Å². The van der Waals surface area contributed by atoms with Gasteiger partial charge in [0.05, 0.1) is 0 Å². The summed E-state index contributed by atoms with van der Waals surface area (Å²) in [5.74, 6) is -8.14. The van der Waals surface area contributed by atoms with Crippen molar-refractivity contribution < 1.29 is 34.0 Å². The Morgan fingerprint density at radius 3 is 1.46 bits per heavy atom. The number of carbonyl (C=O) groups is 1. The minimum atomic E-state index is -1.24. The molecule has 128 valence electrons. The number of phenolic OH excluding ortho intramolecular Hbond substituents is 4. The molecular formula is C17H16F2O5. The highest BCUT2D eigenvalue weighted by atomic mass is 19.1. The predicted octanol–water partition coefficient (Wildman–Crippen LogP) is 3.26. The third-order valence-electron chi connectivity index (χ3n) is 4.04. The van der Waals surface area contributed by atoms with Gasteiger partial charge in [-0.1, -0.05) is 26.0 Å². The molecule has 7 heteroatoms. The number of rotatable bonds is 4. The molecule has 0 saturated heterocycles. The fraction of sp³-hybridized carbons (Fsp3) is 0.235. The second-order valence-electron chi connectivity index (χ2n) is 5.52. The first kappa shape index (κ1) is 17.5. The quantitative estimate of drug-likeness (QED) is 0.686. The Balaban J connectivity index is 2.38. The van der Waals surface area contributed by atoms with Gasteiger partial charge in [-0.3, -0.25) is 4.79 Å².